The third kappa shape index (κ3) is 7.95. The lowest BCUT2D eigenvalue weighted by Crippen LogP contribution is -2.41. The van der Waals surface area contributed by atoms with Crippen LogP contribution in [0.25, 0.3) is 0 Å². The van der Waals surface area contributed by atoms with Gasteiger partial charge in [0.1, 0.15) is 0 Å². The molecular weight excluding hydrogens is 248 g/mol. The van der Waals surface area contributed by atoms with Gasteiger partial charge in [-0.25, -0.2) is 0 Å². The van der Waals surface area contributed by atoms with Crippen molar-refractivity contribution in [3.8, 4) is 0 Å². The number of thioether (sulfide) groups is 1. The molecule has 18 heavy (non-hydrogen) atoms. The highest BCUT2D eigenvalue weighted by Gasteiger charge is 2.16. The standard InChI is InChI=1S/C13H26N2O2S/c1-18-9-5-3-2-4-6-15-13(16)10-12-11-14-7-8-17-12/h12,14H,2-11H2,1H3,(H,15,16). The van der Waals surface area contributed by atoms with Crippen molar-refractivity contribution in [3.63, 3.8) is 0 Å². The largest absolute Gasteiger partial charge is 0.375 e. The molecular formula is C13H26N2O2S. The first kappa shape index (κ1) is 15.8. The zero-order chi connectivity index (χ0) is 13.1. The van der Waals surface area contributed by atoms with Crippen molar-refractivity contribution in [2.24, 2.45) is 0 Å². The number of hydrogen-bond acceptors (Lipinski definition) is 4. The van der Waals surface area contributed by atoms with Crippen LogP contribution in [-0.4, -0.2) is 50.3 Å². The first-order valence-electron chi connectivity index (χ1n) is 6.91. The van der Waals surface area contributed by atoms with Crippen molar-refractivity contribution in [3.05, 3.63) is 0 Å². The zero-order valence-corrected chi connectivity index (χ0v) is 12.2. The van der Waals surface area contributed by atoms with E-state index in [0.717, 1.165) is 26.1 Å². The van der Waals surface area contributed by atoms with Crippen LogP contribution in [0.5, 0.6) is 0 Å². The van der Waals surface area contributed by atoms with Gasteiger partial charge in [0.15, 0.2) is 0 Å². The van der Waals surface area contributed by atoms with Gasteiger partial charge >= 0.3 is 0 Å². The molecule has 4 nitrogen and oxygen atoms in total. The Morgan fingerprint density at radius 1 is 1.39 bits per heavy atom. The zero-order valence-electron chi connectivity index (χ0n) is 11.4. The van der Waals surface area contributed by atoms with E-state index >= 15 is 0 Å². The van der Waals surface area contributed by atoms with E-state index in [2.05, 4.69) is 16.9 Å². The molecule has 1 aliphatic rings. The summed E-state index contributed by atoms with van der Waals surface area (Å²) in [5, 5.41) is 6.20. The van der Waals surface area contributed by atoms with Crippen LogP contribution in [0, 0.1) is 0 Å². The van der Waals surface area contributed by atoms with Crippen LogP contribution in [0.3, 0.4) is 0 Å². The Kier molecular flexibility index (Phi) is 9.34. The quantitative estimate of drug-likeness (QED) is 0.624. The molecule has 0 radical (unpaired) electrons. The fourth-order valence-corrected chi connectivity index (χ4v) is 2.48. The van der Waals surface area contributed by atoms with Crippen LogP contribution < -0.4 is 10.6 Å². The molecule has 1 aliphatic heterocycles. The molecule has 1 saturated heterocycles. The van der Waals surface area contributed by atoms with Crippen molar-refractivity contribution < 1.29 is 9.53 Å². The molecule has 1 fully saturated rings. The van der Waals surface area contributed by atoms with Gasteiger partial charge in [-0.1, -0.05) is 12.8 Å². The molecule has 0 bridgehead atoms. The summed E-state index contributed by atoms with van der Waals surface area (Å²) in [5.41, 5.74) is 0. The Morgan fingerprint density at radius 3 is 2.94 bits per heavy atom. The maximum absolute atomic E-state index is 11.6. The predicted octanol–water partition coefficient (Wildman–Crippen LogP) is 1.40. The first-order valence-corrected chi connectivity index (χ1v) is 8.30. The summed E-state index contributed by atoms with van der Waals surface area (Å²) in [6.07, 6.45) is 7.54. The van der Waals surface area contributed by atoms with Crippen molar-refractivity contribution in [2.75, 3.05) is 38.2 Å². The average Bonchev–Trinajstić information content (AvgIpc) is 2.39. The smallest absolute Gasteiger partial charge is 0.222 e. The lowest BCUT2D eigenvalue weighted by molar-refractivity contribution is -0.124. The molecule has 0 aromatic heterocycles. The fourth-order valence-electron chi connectivity index (χ4n) is 1.98. The Hall–Kier alpha value is -0.260. The number of amides is 1. The average molecular weight is 274 g/mol. The van der Waals surface area contributed by atoms with Gasteiger partial charge in [0.25, 0.3) is 0 Å². The molecule has 1 unspecified atom stereocenters. The Labute approximate surface area is 115 Å². The molecule has 106 valence electrons. The molecule has 2 N–H and O–H groups in total. The summed E-state index contributed by atoms with van der Waals surface area (Å²) in [7, 11) is 0. The van der Waals surface area contributed by atoms with E-state index in [-0.39, 0.29) is 12.0 Å². The second-order valence-corrected chi connectivity index (χ2v) is 5.64. The third-order valence-corrected chi connectivity index (χ3v) is 3.71. The second-order valence-electron chi connectivity index (χ2n) is 4.66. The Bertz CT molecular complexity index is 221. The van der Waals surface area contributed by atoms with Crippen LogP contribution in [0.2, 0.25) is 0 Å². The van der Waals surface area contributed by atoms with Gasteiger partial charge in [-0.15, -0.1) is 0 Å². The molecule has 1 atom stereocenters. The normalized spacial score (nSPS) is 19.7. The Balaban J connectivity index is 1.90. The summed E-state index contributed by atoms with van der Waals surface area (Å²) in [6.45, 7) is 3.21. The van der Waals surface area contributed by atoms with Crippen molar-refractivity contribution in [1.82, 2.24) is 10.6 Å². The SMILES string of the molecule is CSCCCCCCNC(=O)CC1CNCCO1. The number of rotatable bonds is 9. The number of ether oxygens (including phenoxy) is 1. The minimum absolute atomic E-state index is 0.0559. The molecule has 0 saturated carbocycles. The van der Waals surface area contributed by atoms with Gasteiger partial charge in [0.05, 0.1) is 19.1 Å². The fraction of sp³-hybridized carbons (Fsp3) is 0.923. The number of morpholine rings is 1. The van der Waals surface area contributed by atoms with E-state index in [9.17, 15) is 4.79 Å². The molecule has 0 aromatic carbocycles. The summed E-state index contributed by atoms with van der Waals surface area (Å²) < 4.78 is 5.49. The molecule has 0 spiro atoms. The maximum Gasteiger partial charge on any atom is 0.222 e. The van der Waals surface area contributed by atoms with Gasteiger partial charge in [0, 0.05) is 19.6 Å². The number of carbonyl (C=O) groups excluding carboxylic acids is 1. The van der Waals surface area contributed by atoms with Gasteiger partial charge in [-0.3, -0.25) is 4.79 Å². The minimum Gasteiger partial charge on any atom is -0.375 e. The van der Waals surface area contributed by atoms with Crippen molar-refractivity contribution in [2.45, 2.75) is 38.2 Å². The predicted molar refractivity (Wildman–Crippen MR) is 77.1 cm³/mol. The monoisotopic (exact) mass is 274 g/mol. The second kappa shape index (κ2) is 10.6. The third-order valence-electron chi connectivity index (χ3n) is 3.01. The van der Waals surface area contributed by atoms with E-state index in [1.165, 1.54) is 25.0 Å². The van der Waals surface area contributed by atoms with E-state index < -0.39 is 0 Å². The van der Waals surface area contributed by atoms with E-state index in [4.69, 9.17) is 4.74 Å². The molecule has 1 rings (SSSR count). The highest BCUT2D eigenvalue weighted by atomic mass is 32.2. The van der Waals surface area contributed by atoms with E-state index in [1.54, 1.807) is 0 Å². The molecule has 5 heteroatoms. The summed E-state index contributed by atoms with van der Waals surface area (Å²) in [5.74, 6) is 1.37. The van der Waals surface area contributed by atoms with Gasteiger partial charge in [-0.05, 0) is 24.9 Å². The van der Waals surface area contributed by atoms with Crippen molar-refractivity contribution >= 4 is 17.7 Å². The molecule has 1 amide bonds. The topological polar surface area (TPSA) is 50.4 Å². The number of unbranched alkanes of at least 4 members (excludes halogenated alkanes) is 3. The molecule has 0 aliphatic carbocycles. The molecule has 0 aromatic rings. The van der Waals surface area contributed by atoms with Crippen LogP contribution in [0.15, 0.2) is 0 Å². The summed E-state index contributed by atoms with van der Waals surface area (Å²) in [4.78, 5) is 11.6. The summed E-state index contributed by atoms with van der Waals surface area (Å²) >= 11 is 1.90. The van der Waals surface area contributed by atoms with Gasteiger partial charge in [-0.2, -0.15) is 11.8 Å². The number of nitrogens with one attached hydrogen (secondary N) is 2. The van der Waals surface area contributed by atoms with Gasteiger partial charge in [0.2, 0.25) is 5.91 Å². The Morgan fingerprint density at radius 2 is 2.22 bits per heavy atom. The highest BCUT2D eigenvalue weighted by Crippen LogP contribution is 2.04. The van der Waals surface area contributed by atoms with Crippen LogP contribution in [0.1, 0.15) is 32.1 Å². The van der Waals surface area contributed by atoms with Crippen LogP contribution >= 0.6 is 11.8 Å². The van der Waals surface area contributed by atoms with E-state index in [0.29, 0.717) is 13.0 Å². The number of carbonyl (C=O) groups is 1. The highest BCUT2D eigenvalue weighted by molar-refractivity contribution is 7.98. The van der Waals surface area contributed by atoms with Crippen LogP contribution in [-0.2, 0) is 9.53 Å². The van der Waals surface area contributed by atoms with Crippen LogP contribution in [0.4, 0.5) is 0 Å². The maximum atomic E-state index is 11.6. The lowest BCUT2D eigenvalue weighted by Gasteiger charge is -2.23. The lowest BCUT2D eigenvalue weighted by atomic mass is 10.2. The first-order chi connectivity index (χ1) is 8.83. The molecule has 1 heterocycles. The minimum atomic E-state index is 0.0559. The van der Waals surface area contributed by atoms with E-state index in [1.807, 2.05) is 11.8 Å². The number of hydrogen-bond donors (Lipinski definition) is 2. The van der Waals surface area contributed by atoms with Gasteiger partial charge < -0.3 is 15.4 Å². The van der Waals surface area contributed by atoms with Crippen molar-refractivity contribution in [1.29, 1.82) is 0 Å². The summed E-state index contributed by atoms with van der Waals surface area (Å²) in [6, 6.07) is 0.